The van der Waals surface area contributed by atoms with Crippen LogP contribution < -0.4 is 0 Å². The number of carbonyl (C=O) groups excluding carboxylic acids is 1. The summed E-state index contributed by atoms with van der Waals surface area (Å²) in [7, 11) is 1.99. The zero-order chi connectivity index (χ0) is 17.5. The van der Waals surface area contributed by atoms with Crippen LogP contribution in [0.15, 0.2) is 0 Å². The Balaban J connectivity index is 1.82. The number of carbonyl (C=O) groups is 1. The molecule has 0 unspecified atom stereocenters. The molecule has 2 aliphatic rings. The van der Waals surface area contributed by atoms with Gasteiger partial charge in [-0.25, -0.2) is 9.97 Å². The molecule has 1 fully saturated rings. The van der Waals surface area contributed by atoms with E-state index >= 15 is 0 Å². The first-order chi connectivity index (χ1) is 11.3. The Morgan fingerprint density at radius 2 is 1.83 bits per heavy atom. The van der Waals surface area contributed by atoms with Crippen LogP contribution in [0.3, 0.4) is 0 Å². The Bertz CT molecular complexity index is 639. The Morgan fingerprint density at radius 1 is 1.17 bits per heavy atom. The molecule has 2 heterocycles. The second kappa shape index (κ2) is 6.31. The van der Waals surface area contributed by atoms with Crippen molar-refractivity contribution in [2.45, 2.75) is 32.4 Å². The van der Waals surface area contributed by atoms with Gasteiger partial charge in [0.2, 0.25) is 5.91 Å². The van der Waals surface area contributed by atoms with E-state index in [1.807, 2.05) is 7.05 Å². The average Bonchev–Trinajstić information content (AvgIpc) is 2.53. The van der Waals surface area contributed by atoms with Gasteiger partial charge in [0.25, 0.3) is 0 Å². The van der Waals surface area contributed by atoms with Crippen molar-refractivity contribution in [2.24, 2.45) is 5.92 Å². The Hall–Kier alpha value is -1.70. The van der Waals surface area contributed by atoms with Gasteiger partial charge in [0.1, 0.15) is 5.82 Å². The summed E-state index contributed by atoms with van der Waals surface area (Å²) in [4.78, 5) is 24.4. The third kappa shape index (κ3) is 3.38. The maximum atomic E-state index is 13.3. The number of halogens is 3. The van der Waals surface area contributed by atoms with Crippen molar-refractivity contribution in [3.05, 3.63) is 22.8 Å². The van der Waals surface area contributed by atoms with Gasteiger partial charge in [-0.3, -0.25) is 4.79 Å². The molecule has 1 saturated heterocycles. The fourth-order valence-corrected chi connectivity index (χ4v) is 3.46. The number of alkyl halides is 3. The second-order valence-electron chi connectivity index (χ2n) is 6.61. The molecule has 0 N–H and O–H groups in total. The number of fused-ring (bicyclic) bond motifs is 1. The van der Waals surface area contributed by atoms with E-state index in [0.717, 1.165) is 13.1 Å². The zero-order valence-electron chi connectivity index (χ0n) is 13.9. The molecule has 0 spiro atoms. The minimum Gasteiger partial charge on any atom is -0.340 e. The highest BCUT2D eigenvalue weighted by Gasteiger charge is 2.40. The number of aromatic nitrogens is 2. The Morgan fingerprint density at radius 3 is 2.46 bits per heavy atom. The lowest BCUT2D eigenvalue weighted by Gasteiger charge is -2.36. The van der Waals surface area contributed by atoms with Crippen molar-refractivity contribution in [3.63, 3.8) is 0 Å². The highest BCUT2D eigenvalue weighted by atomic mass is 19.4. The highest BCUT2D eigenvalue weighted by Crippen LogP contribution is 2.36. The van der Waals surface area contributed by atoms with Crippen LogP contribution in [0.4, 0.5) is 13.2 Å². The summed E-state index contributed by atoms with van der Waals surface area (Å²) in [6, 6.07) is 0. The fraction of sp³-hybridized carbons (Fsp3) is 0.688. The summed E-state index contributed by atoms with van der Waals surface area (Å²) >= 11 is 0. The number of piperazine rings is 1. The number of likely N-dealkylation sites (N-methyl/N-ethyl adjacent to an activating group) is 1. The minimum atomic E-state index is -4.52. The van der Waals surface area contributed by atoms with E-state index in [2.05, 4.69) is 14.9 Å². The van der Waals surface area contributed by atoms with Gasteiger partial charge < -0.3 is 9.80 Å². The van der Waals surface area contributed by atoms with Gasteiger partial charge >= 0.3 is 6.18 Å². The largest absolute Gasteiger partial charge is 0.433 e. The predicted molar refractivity (Wildman–Crippen MR) is 81.4 cm³/mol. The van der Waals surface area contributed by atoms with Gasteiger partial charge in [0.15, 0.2) is 5.69 Å². The standard InChI is InChI=1S/C16H21F3N4O/c1-10-20-13-4-3-11(9-12(13)14(21-10)16(17,18)19)15(24)23-7-5-22(2)6-8-23/h11H,3-9H2,1-2H3/t11-/m1/s1. The molecule has 8 heteroatoms. The normalized spacial score (nSPS) is 22.4. The summed E-state index contributed by atoms with van der Waals surface area (Å²) < 4.78 is 39.9. The molecule has 3 rings (SSSR count). The number of hydrogen-bond donors (Lipinski definition) is 0. The first-order valence-corrected chi connectivity index (χ1v) is 8.16. The van der Waals surface area contributed by atoms with Crippen molar-refractivity contribution < 1.29 is 18.0 Å². The van der Waals surface area contributed by atoms with Crippen LogP contribution in [0.1, 0.15) is 29.2 Å². The molecular weight excluding hydrogens is 321 g/mol. The molecule has 132 valence electrons. The van der Waals surface area contributed by atoms with Crippen molar-refractivity contribution in [1.29, 1.82) is 0 Å². The molecule has 1 atom stereocenters. The third-order valence-corrected chi connectivity index (χ3v) is 4.82. The van der Waals surface area contributed by atoms with Crippen LogP contribution in [0.2, 0.25) is 0 Å². The van der Waals surface area contributed by atoms with E-state index in [1.165, 1.54) is 6.92 Å². The van der Waals surface area contributed by atoms with Gasteiger partial charge in [0, 0.05) is 43.4 Å². The lowest BCUT2D eigenvalue weighted by atomic mass is 9.84. The van der Waals surface area contributed by atoms with Crippen molar-refractivity contribution in [1.82, 2.24) is 19.8 Å². The maximum Gasteiger partial charge on any atom is 0.433 e. The lowest BCUT2D eigenvalue weighted by molar-refractivity contribution is -0.143. The van der Waals surface area contributed by atoms with E-state index in [9.17, 15) is 18.0 Å². The van der Waals surface area contributed by atoms with E-state index in [-0.39, 0.29) is 23.7 Å². The van der Waals surface area contributed by atoms with Gasteiger partial charge in [-0.1, -0.05) is 0 Å². The molecule has 1 aliphatic heterocycles. The third-order valence-electron chi connectivity index (χ3n) is 4.82. The van der Waals surface area contributed by atoms with Gasteiger partial charge in [-0.05, 0) is 33.2 Å². The molecule has 1 aliphatic carbocycles. The Labute approximate surface area is 138 Å². The first kappa shape index (κ1) is 17.1. The van der Waals surface area contributed by atoms with Crippen molar-refractivity contribution >= 4 is 5.91 Å². The zero-order valence-corrected chi connectivity index (χ0v) is 13.9. The van der Waals surface area contributed by atoms with Gasteiger partial charge in [-0.2, -0.15) is 13.2 Å². The highest BCUT2D eigenvalue weighted by molar-refractivity contribution is 5.79. The van der Waals surface area contributed by atoms with Crippen molar-refractivity contribution in [3.8, 4) is 0 Å². The minimum absolute atomic E-state index is 0.0394. The van der Waals surface area contributed by atoms with E-state index in [1.54, 1.807) is 4.90 Å². The number of nitrogens with zero attached hydrogens (tertiary/aromatic N) is 4. The SMILES string of the molecule is Cc1nc2c(c(C(F)(F)F)n1)C[C@H](C(=O)N1CCN(C)CC1)CC2. The molecule has 24 heavy (non-hydrogen) atoms. The van der Waals surface area contributed by atoms with Crippen molar-refractivity contribution in [2.75, 3.05) is 33.2 Å². The van der Waals surface area contributed by atoms with Gasteiger partial charge in [0.05, 0.1) is 0 Å². The average molecular weight is 342 g/mol. The van der Waals surface area contributed by atoms with Crippen LogP contribution in [0, 0.1) is 12.8 Å². The van der Waals surface area contributed by atoms with Crippen LogP contribution in [-0.2, 0) is 23.8 Å². The molecular formula is C16H21F3N4O. The molecule has 1 aromatic heterocycles. The second-order valence-corrected chi connectivity index (χ2v) is 6.61. The summed E-state index contributed by atoms with van der Waals surface area (Å²) in [5.74, 6) is -0.319. The number of amides is 1. The quantitative estimate of drug-likeness (QED) is 0.779. The van der Waals surface area contributed by atoms with Crippen LogP contribution in [0.5, 0.6) is 0 Å². The monoisotopic (exact) mass is 342 g/mol. The smallest absolute Gasteiger partial charge is 0.340 e. The number of aryl methyl sites for hydroxylation is 2. The summed E-state index contributed by atoms with van der Waals surface area (Å²) in [6.07, 6.45) is -3.50. The number of hydrogen-bond acceptors (Lipinski definition) is 4. The predicted octanol–water partition coefficient (Wildman–Crippen LogP) is 1.68. The summed E-state index contributed by atoms with van der Waals surface area (Å²) in [5, 5.41) is 0. The molecule has 0 bridgehead atoms. The molecule has 1 aromatic rings. The lowest BCUT2D eigenvalue weighted by Crippen LogP contribution is -2.49. The topological polar surface area (TPSA) is 49.3 Å². The molecule has 0 radical (unpaired) electrons. The van der Waals surface area contributed by atoms with Crippen LogP contribution in [-0.4, -0.2) is 58.9 Å². The summed E-state index contributed by atoms with van der Waals surface area (Å²) in [5.41, 5.74) is -0.329. The molecule has 5 nitrogen and oxygen atoms in total. The van der Waals surface area contributed by atoms with Crippen LogP contribution >= 0.6 is 0 Å². The van der Waals surface area contributed by atoms with E-state index < -0.39 is 17.8 Å². The Kier molecular flexibility index (Phi) is 4.50. The number of rotatable bonds is 1. The van der Waals surface area contributed by atoms with E-state index in [4.69, 9.17) is 0 Å². The molecule has 0 aromatic carbocycles. The molecule has 1 amide bonds. The molecule has 0 saturated carbocycles. The first-order valence-electron chi connectivity index (χ1n) is 8.16. The van der Waals surface area contributed by atoms with Crippen LogP contribution in [0.25, 0.3) is 0 Å². The van der Waals surface area contributed by atoms with Gasteiger partial charge in [-0.15, -0.1) is 0 Å². The fourth-order valence-electron chi connectivity index (χ4n) is 3.46. The maximum absolute atomic E-state index is 13.3. The summed E-state index contributed by atoms with van der Waals surface area (Å²) in [6.45, 7) is 4.33. The van der Waals surface area contributed by atoms with E-state index in [0.29, 0.717) is 31.6 Å².